The molecule has 0 spiro atoms. The van der Waals surface area contributed by atoms with Gasteiger partial charge in [-0.05, 0) is 58.2 Å². The fraction of sp³-hybridized carbons (Fsp3) is 0.435. The third kappa shape index (κ3) is 5.46. The van der Waals surface area contributed by atoms with Gasteiger partial charge in [-0.1, -0.05) is 60.6 Å². The Balaban J connectivity index is 2.46. The van der Waals surface area contributed by atoms with Crippen LogP contribution in [0.3, 0.4) is 0 Å². The van der Waals surface area contributed by atoms with Crippen LogP contribution in [0.5, 0.6) is 5.75 Å². The van der Waals surface area contributed by atoms with E-state index in [1.165, 1.54) is 12.1 Å². The molecule has 0 aliphatic rings. The zero-order chi connectivity index (χ0) is 22.1. The molecule has 0 radical (unpaired) electrons. The van der Waals surface area contributed by atoms with Crippen molar-refractivity contribution < 1.29 is 22.5 Å². The number of benzene rings is 2. The first-order valence-electron chi connectivity index (χ1n) is 9.68. The van der Waals surface area contributed by atoms with Gasteiger partial charge in [0.15, 0.2) is 0 Å². The van der Waals surface area contributed by atoms with Crippen LogP contribution in [-0.4, -0.2) is 18.9 Å². The summed E-state index contributed by atoms with van der Waals surface area (Å²) in [6.45, 7) is 13.5. The van der Waals surface area contributed by atoms with Gasteiger partial charge >= 0.3 is 5.97 Å². The number of carbonyl (C=O) groups is 1. The number of hydrogen-bond acceptors (Lipinski definition) is 5. The van der Waals surface area contributed by atoms with E-state index < -0.39 is 16.1 Å². The number of hydrogen-bond donors (Lipinski definition) is 0. The molecule has 0 unspecified atom stereocenters. The molecule has 29 heavy (non-hydrogen) atoms. The molecular formula is C23H29O5S-. The molecule has 0 aliphatic heterocycles. The summed E-state index contributed by atoms with van der Waals surface area (Å²) >= 11 is 0. The summed E-state index contributed by atoms with van der Waals surface area (Å²) in [4.78, 5) is 12.4. The van der Waals surface area contributed by atoms with Gasteiger partial charge in [0.1, 0.15) is 15.9 Å². The molecule has 0 fully saturated rings. The quantitative estimate of drug-likeness (QED) is 0.372. The van der Waals surface area contributed by atoms with Crippen LogP contribution in [0.4, 0.5) is 0 Å². The molecule has 2 aromatic rings. The molecule has 6 heteroatoms. The molecule has 0 aromatic heterocycles. The van der Waals surface area contributed by atoms with Crippen molar-refractivity contribution in [3.05, 3.63) is 58.7 Å². The second-order valence-corrected chi connectivity index (χ2v) is 10.2. The summed E-state index contributed by atoms with van der Waals surface area (Å²) in [5, 5.41) is 0. The maximum atomic E-state index is 12.6. The predicted octanol–water partition coefficient (Wildman–Crippen LogP) is 5.35. The van der Waals surface area contributed by atoms with Crippen LogP contribution in [0.15, 0.2) is 41.3 Å². The summed E-state index contributed by atoms with van der Waals surface area (Å²) in [5.74, 6) is -0.755. The molecule has 0 aliphatic carbocycles. The Hall–Kier alpha value is -2.18. The normalized spacial score (nSPS) is 12.5. The van der Waals surface area contributed by atoms with Crippen LogP contribution in [0.2, 0.25) is 0 Å². The molecule has 158 valence electrons. The third-order valence-corrected chi connectivity index (χ3v) is 5.78. The minimum absolute atomic E-state index is 0.0274. The zero-order valence-corrected chi connectivity index (χ0v) is 18.9. The van der Waals surface area contributed by atoms with E-state index in [1.807, 2.05) is 12.1 Å². The maximum absolute atomic E-state index is 12.6. The summed E-state index contributed by atoms with van der Waals surface area (Å²) in [6.07, 6.45) is 0. The lowest BCUT2D eigenvalue weighted by molar-refractivity contribution is 0.0734. The maximum Gasteiger partial charge on any atom is 0.343 e. The number of esters is 1. The van der Waals surface area contributed by atoms with E-state index in [1.54, 1.807) is 39.8 Å². The van der Waals surface area contributed by atoms with Crippen molar-refractivity contribution in [2.45, 2.75) is 70.6 Å². The van der Waals surface area contributed by atoms with Crippen LogP contribution < -0.4 is 4.74 Å². The largest absolute Gasteiger partial charge is 0.744 e. The molecule has 0 saturated carbocycles. The highest BCUT2D eigenvalue weighted by atomic mass is 32.2. The number of rotatable bonds is 5. The zero-order valence-electron chi connectivity index (χ0n) is 18.1. The van der Waals surface area contributed by atoms with Crippen LogP contribution in [0, 0.1) is 0 Å². The van der Waals surface area contributed by atoms with Crippen molar-refractivity contribution in [2.24, 2.45) is 0 Å². The average Bonchev–Trinajstić information content (AvgIpc) is 2.59. The van der Waals surface area contributed by atoms with Crippen molar-refractivity contribution in [1.29, 1.82) is 0 Å². The van der Waals surface area contributed by atoms with Gasteiger partial charge in [0, 0.05) is 0 Å². The summed E-state index contributed by atoms with van der Waals surface area (Å²) in [5.41, 5.74) is 2.19. The minimum Gasteiger partial charge on any atom is -0.744 e. The van der Waals surface area contributed by atoms with E-state index in [0.717, 1.165) is 5.56 Å². The second-order valence-electron chi connectivity index (χ2n) is 8.91. The second kappa shape index (κ2) is 8.28. The van der Waals surface area contributed by atoms with Crippen LogP contribution in [0.1, 0.15) is 87.4 Å². The van der Waals surface area contributed by atoms with Crippen molar-refractivity contribution in [2.75, 3.05) is 0 Å². The number of carbonyl (C=O) groups excluding carboxylic acids is 1. The van der Waals surface area contributed by atoms with Gasteiger partial charge in [-0.2, -0.15) is 0 Å². The van der Waals surface area contributed by atoms with Gasteiger partial charge in [0.05, 0.1) is 10.5 Å². The Morgan fingerprint density at radius 3 is 1.72 bits per heavy atom. The standard InChI is InChI=1S/C23H30O5S/c1-14(2)19-12-18(13-20(15(3)4)21(19)29(25,26)27)28-22(24)16-8-10-17(11-9-16)23(5,6)7/h8-15H,1-7H3,(H,25,26,27)/p-1. The van der Waals surface area contributed by atoms with Crippen molar-refractivity contribution in [1.82, 2.24) is 0 Å². The monoisotopic (exact) mass is 417 g/mol. The Morgan fingerprint density at radius 2 is 1.38 bits per heavy atom. The van der Waals surface area contributed by atoms with Gasteiger partial charge in [0.2, 0.25) is 0 Å². The van der Waals surface area contributed by atoms with Gasteiger partial charge in [-0.25, -0.2) is 13.2 Å². The molecule has 5 nitrogen and oxygen atoms in total. The third-order valence-electron chi connectivity index (χ3n) is 4.81. The molecule has 2 aromatic carbocycles. The average molecular weight is 418 g/mol. The highest BCUT2D eigenvalue weighted by Gasteiger charge is 2.22. The fourth-order valence-electron chi connectivity index (χ4n) is 3.12. The van der Waals surface area contributed by atoms with Crippen molar-refractivity contribution in [3.8, 4) is 5.75 Å². The smallest absolute Gasteiger partial charge is 0.343 e. The lowest BCUT2D eigenvalue weighted by atomic mass is 9.87. The molecule has 2 rings (SSSR count). The predicted molar refractivity (Wildman–Crippen MR) is 113 cm³/mol. The van der Waals surface area contributed by atoms with Gasteiger partial charge in [-0.3, -0.25) is 0 Å². The molecule has 0 heterocycles. The molecule has 0 amide bonds. The van der Waals surface area contributed by atoms with Gasteiger partial charge < -0.3 is 9.29 Å². The summed E-state index contributed by atoms with van der Waals surface area (Å²) < 4.78 is 41.2. The van der Waals surface area contributed by atoms with Gasteiger partial charge in [0.25, 0.3) is 0 Å². The first-order chi connectivity index (χ1) is 13.2. The Labute approximate surface area is 173 Å². The van der Waals surface area contributed by atoms with Gasteiger partial charge in [-0.15, -0.1) is 0 Å². The highest BCUT2D eigenvalue weighted by molar-refractivity contribution is 7.85. The Bertz CT molecular complexity index is 966. The Morgan fingerprint density at radius 1 is 0.931 bits per heavy atom. The molecule has 0 bridgehead atoms. The Kier molecular flexibility index (Phi) is 6.60. The van der Waals surface area contributed by atoms with E-state index >= 15 is 0 Å². The highest BCUT2D eigenvalue weighted by Crippen LogP contribution is 2.35. The van der Waals surface area contributed by atoms with Crippen LogP contribution in [0.25, 0.3) is 0 Å². The van der Waals surface area contributed by atoms with Crippen LogP contribution >= 0.6 is 0 Å². The topological polar surface area (TPSA) is 83.5 Å². The van der Waals surface area contributed by atoms with Crippen molar-refractivity contribution >= 4 is 16.1 Å². The minimum atomic E-state index is -4.66. The van der Waals surface area contributed by atoms with E-state index in [0.29, 0.717) is 16.7 Å². The van der Waals surface area contributed by atoms with E-state index in [-0.39, 0.29) is 27.9 Å². The van der Waals surface area contributed by atoms with E-state index in [9.17, 15) is 17.8 Å². The molecular weight excluding hydrogens is 388 g/mol. The lowest BCUT2D eigenvalue weighted by Gasteiger charge is -2.23. The summed E-state index contributed by atoms with van der Waals surface area (Å²) in [6, 6.07) is 10.2. The molecule has 0 atom stereocenters. The SMILES string of the molecule is CC(C)c1cc(OC(=O)c2ccc(C(C)(C)C)cc2)cc(C(C)C)c1S(=O)(=O)[O-]. The van der Waals surface area contributed by atoms with Crippen molar-refractivity contribution in [3.63, 3.8) is 0 Å². The van der Waals surface area contributed by atoms with E-state index in [2.05, 4.69) is 20.8 Å². The van der Waals surface area contributed by atoms with E-state index in [4.69, 9.17) is 4.74 Å². The fourth-order valence-corrected chi connectivity index (χ4v) is 4.29. The summed E-state index contributed by atoms with van der Waals surface area (Å²) in [7, 11) is -4.66. The number of ether oxygens (including phenoxy) is 1. The molecule has 0 saturated heterocycles. The molecule has 0 N–H and O–H groups in total. The van der Waals surface area contributed by atoms with Crippen LogP contribution in [-0.2, 0) is 15.5 Å². The first kappa shape index (κ1) is 23.1. The lowest BCUT2D eigenvalue weighted by Crippen LogP contribution is -2.14. The first-order valence-corrected chi connectivity index (χ1v) is 11.1.